The first-order valence-electron chi connectivity index (χ1n) is 4.30. The normalized spacial score (nSPS) is 42.6. The topological polar surface area (TPSA) is 0 Å². The number of hydrogen-bond acceptors (Lipinski definition) is 1. The molecule has 1 heterocycles. The van der Waals surface area contributed by atoms with E-state index in [1.807, 2.05) is 11.8 Å². The maximum atomic E-state index is 4.17. The van der Waals surface area contributed by atoms with Crippen LogP contribution in [0.5, 0.6) is 0 Å². The second-order valence-corrected chi connectivity index (χ2v) is 4.73. The van der Waals surface area contributed by atoms with E-state index in [4.69, 9.17) is 0 Å². The fourth-order valence-electron chi connectivity index (χ4n) is 1.98. The molecule has 1 saturated carbocycles. The van der Waals surface area contributed by atoms with Gasteiger partial charge in [-0.1, -0.05) is 25.2 Å². The van der Waals surface area contributed by atoms with Crippen LogP contribution in [0.4, 0.5) is 0 Å². The molecule has 0 nitrogen and oxygen atoms in total. The van der Waals surface area contributed by atoms with Crippen molar-refractivity contribution < 1.29 is 0 Å². The number of rotatable bonds is 0. The highest BCUT2D eigenvalue weighted by Gasteiger charge is 2.32. The van der Waals surface area contributed by atoms with Crippen molar-refractivity contribution in [1.82, 2.24) is 0 Å². The van der Waals surface area contributed by atoms with Gasteiger partial charge in [0.2, 0.25) is 0 Å². The third kappa shape index (κ3) is 1.16. The van der Waals surface area contributed by atoms with Crippen LogP contribution in [0.15, 0.2) is 23.6 Å². The number of fused-ring (bicyclic) bond motifs is 1. The molecule has 0 saturated heterocycles. The lowest BCUT2D eigenvalue weighted by Gasteiger charge is -2.31. The highest BCUT2D eigenvalue weighted by molar-refractivity contribution is 8.03. The second kappa shape index (κ2) is 2.71. The van der Waals surface area contributed by atoms with Gasteiger partial charge in [-0.05, 0) is 24.2 Å². The van der Waals surface area contributed by atoms with Crippen molar-refractivity contribution in [2.45, 2.75) is 25.0 Å². The lowest BCUT2D eigenvalue weighted by Crippen LogP contribution is -2.24. The van der Waals surface area contributed by atoms with Gasteiger partial charge in [-0.25, -0.2) is 0 Å². The van der Waals surface area contributed by atoms with Gasteiger partial charge in [0, 0.05) is 11.2 Å². The Hall–Kier alpha value is -0.170. The van der Waals surface area contributed by atoms with Gasteiger partial charge in [0.15, 0.2) is 0 Å². The van der Waals surface area contributed by atoms with Crippen LogP contribution in [-0.2, 0) is 0 Å². The smallest absolute Gasteiger partial charge is 0.0189 e. The second-order valence-electron chi connectivity index (χ2n) is 3.58. The van der Waals surface area contributed by atoms with Gasteiger partial charge in [-0.3, -0.25) is 0 Å². The van der Waals surface area contributed by atoms with Crippen molar-refractivity contribution in [3.05, 3.63) is 23.6 Å². The summed E-state index contributed by atoms with van der Waals surface area (Å²) in [6.45, 7) is 6.47. The highest BCUT2D eigenvalue weighted by Crippen LogP contribution is 2.44. The monoisotopic (exact) mass is 166 g/mol. The Morgan fingerprint density at radius 1 is 1.55 bits per heavy atom. The molecule has 0 N–H and O–H groups in total. The molecule has 2 aliphatic rings. The van der Waals surface area contributed by atoms with Gasteiger partial charge in [-0.15, -0.1) is 11.8 Å². The van der Waals surface area contributed by atoms with Crippen LogP contribution < -0.4 is 0 Å². The molecule has 0 spiro atoms. The molecule has 1 fully saturated rings. The summed E-state index contributed by atoms with van der Waals surface area (Å²) in [5, 5.41) is 3.08. The van der Waals surface area contributed by atoms with Crippen LogP contribution in [0.1, 0.15) is 19.8 Å². The van der Waals surface area contributed by atoms with Crippen molar-refractivity contribution in [2.75, 3.05) is 0 Å². The zero-order chi connectivity index (χ0) is 7.84. The molecule has 0 radical (unpaired) electrons. The van der Waals surface area contributed by atoms with E-state index in [2.05, 4.69) is 25.0 Å². The van der Waals surface area contributed by atoms with Gasteiger partial charge in [0.05, 0.1) is 0 Å². The van der Waals surface area contributed by atoms with Crippen molar-refractivity contribution in [1.29, 1.82) is 0 Å². The summed E-state index contributed by atoms with van der Waals surface area (Å²) in [4.78, 5) is 0. The molecule has 2 rings (SSSR count). The molecule has 1 aliphatic carbocycles. The van der Waals surface area contributed by atoms with E-state index < -0.39 is 0 Å². The predicted molar refractivity (Wildman–Crippen MR) is 51.5 cm³/mol. The minimum Gasteiger partial charge on any atom is -0.130 e. The minimum atomic E-state index is 0.698. The molecular formula is C10H14S. The van der Waals surface area contributed by atoms with Crippen LogP contribution in [0.3, 0.4) is 0 Å². The molecule has 3 atom stereocenters. The Balaban J connectivity index is 2.17. The van der Waals surface area contributed by atoms with E-state index >= 15 is 0 Å². The molecule has 0 amide bonds. The van der Waals surface area contributed by atoms with Crippen LogP contribution in [-0.4, -0.2) is 5.25 Å². The fourth-order valence-corrected chi connectivity index (χ4v) is 3.15. The molecule has 0 aromatic rings. The third-order valence-electron chi connectivity index (χ3n) is 2.89. The number of hydrogen-bond donors (Lipinski definition) is 0. The fraction of sp³-hybridized carbons (Fsp3) is 0.600. The summed E-state index contributed by atoms with van der Waals surface area (Å²) in [5.74, 6) is 1.45. The van der Waals surface area contributed by atoms with E-state index in [1.54, 1.807) is 0 Å². The van der Waals surface area contributed by atoms with Gasteiger partial charge in [0.25, 0.3) is 0 Å². The molecule has 60 valence electrons. The van der Waals surface area contributed by atoms with E-state index in [0.29, 0.717) is 5.92 Å². The average molecular weight is 166 g/mol. The van der Waals surface area contributed by atoms with Crippen LogP contribution in [0.2, 0.25) is 0 Å². The van der Waals surface area contributed by atoms with Gasteiger partial charge < -0.3 is 0 Å². The number of thioether (sulfide) groups is 1. The summed E-state index contributed by atoms with van der Waals surface area (Å²) in [6.07, 6.45) is 5.05. The van der Waals surface area contributed by atoms with Crippen LogP contribution in [0.25, 0.3) is 0 Å². The van der Waals surface area contributed by atoms with E-state index in [-0.39, 0.29) is 0 Å². The van der Waals surface area contributed by atoms with Crippen LogP contribution >= 0.6 is 11.8 Å². The first kappa shape index (κ1) is 7.48. The van der Waals surface area contributed by atoms with Crippen molar-refractivity contribution in [3.8, 4) is 0 Å². The Labute approximate surface area is 72.8 Å². The molecule has 2 unspecified atom stereocenters. The standard InChI is InChI=1S/C10H14S/c1-7-3-4-10-9(8(7)2)5-6-11-10/h5-7,9-10H,2-4H2,1H3/t7-,9?,10?/m1/s1. The quantitative estimate of drug-likeness (QED) is 0.498. The van der Waals surface area contributed by atoms with Crippen molar-refractivity contribution in [3.63, 3.8) is 0 Å². The highest BCUT2D eigenvalue weighted by atomic mass is 32.2. The summed E-state index contributed by atoms with van der Waals surface area (Å²) in [5.41, 5.74) is 1.46. The largest absolute Gasteiger partial charge is 0.130 e. The Morgan fingerprint density at radius 2 is 2.36 bits per heavy atom. The Kier molecular flexibility index (Phi) is 1.84. The zero-order valence-electron chi connectivity index (χ0n) is 6.92. The lowest BCUT2D eigenvalue weighted by molar-refractivity contribution is 0.445. The zero-order valence-corrected chi connectivity index (χ0v) is 7.73. The van der Waals surface area contributed by atoms with E-state index in [1.165, 1.54) is 18.4 Å². The lowest BCUT2D eigenvalue weighted by atomic mass is 9.78. The number of allylic oxidation sites excluding steroid dienone is 2. The van der Waals surface area contributed by atoms with Crippen LogP contribution in [0, 0.1) is 11.8 Å². The molecule has 1 heteroatoms. The Bertz CT molecular complexity index is 205. The molecule has 0 aromatic carbocycles. The minimum absolute atomic E-state index is 0.698. The van der Waals surface area contributed by atoms with Gasteiger partial charge in [0.1, 0.15) is 0 Å². The molecule has 11 heavy (non-hydrogen) atoms. The predicted octanol–water partition coefficient (Wildman–Crippen LogP) is 3.22. The maximum absolute atomic E-state index is 4.17. The molecule has 0 aromatic heterocycles. The van der Waals surface area contributed by atoms with E-state index in [0.717, 1.165) is 11.2 Å². The van der Waals surface area contributed by atoms with Gasteiger partial charge >= 0.3 is 0 Å². The van der Waals surface area contributed by atoms with Crippen molar-refractivity contribution >= 4 is 11.8 Å². The molecule has 0 bridgehead atoms. The summed E-state index contributed by atoms with van der Waals surface area (Å²) in [6, 6.07) is 0. The first-order valence-corrected chi connectivity index (χ1v) is 5.24. The SMILES string of the molecule is C=C1C2C=CSC2CC[C@H]1C. The first-order chi connectivity index (χ1) is 5.29. The van der Waals surface area contributed by atoms with Crippen molar-refractivity contribution in [2.24, 2.45) is 11.8 Å². The molecular weight excluding hydrogens is 152 g/mol. The molecule has 1 aliphatic heterocycles. The Morgan fingerprint density at radius 3 is 3.18 bits per heavy atom. The summed E-state index contributed by atoms with van der Waals surface area (Å²) in [7, 11) is 0. The summed E-state index contributed by atoms with van der Waals surface area (Å²) < 4.78 is 0. The van der Waals surface area contributed by atoms with Gasteiger partial charge in [-0.2, -0.15) is 0 Å². The maximum Gasteiger partial charge on any atom is 0.0189 e. The third-order valence-corrected chi connectivity index (χ3v) is 4.08. The summed E-state index contributed by atoms with van der Waals surface area (Å²) >= 11 is 1.99. The average Bonchev–Trinajstić information content (AvgIpc) is 2.45. The van der Waals surface area contributed by atoms with E-state index in [9.17, 15) is 0 Å².